The number of nitrogens with zero attached hydrogens (tertiary/aromatic N) is 1. The molecule has 1 aromatic rings. The first kappa shape index (κ1) is 9.86. The molecule has 1 unspecified atom stereocenters. The third kappa shape index (κ3) is 2.41. The molecular weight excluding hydrogens is 295 g/mol. The molecule has 1 fully saturated rings. The van der Waals surface area contributed by atoms with E-state index in [2.05, 4.69) is 49.0 Å². The van der Waals surface area contributed by atoms with Crippen LogP contribution in [0, 0.1) is 0 Å². The summed E-state index contributed by atoms with van der Waals surface area (Å²) in [6.45, 7) is 2.34. The van der Waals surface area contributed by atoms with Crippen molar-refractivity contribution in [1.29, 1.82) is 0 Å². The standard InChI is InChI=1S/C9H13IN2S/c10-13-12-5-3-9(7-12)8-2-1-4-11-6-8/h3,5,7-8,11H,1-2,4,6H2. The van der Waals surface area contributed by atoms with Gasteiger partial charge in [-0.1, -0.05) is 0 Å². The second-order valence-electron chi connectivity index (χ2n) is 3.42. The summed E-state index contributed by atoms with van der Waals surface area (Å²) in [7, 11) is 1.72. The Bertz CT molecular complexity index is 268. The number of nitrogens with one attached hydrogen (secondary N) is 1. The van der Waals surface area contributed by atoms with E-state index >= 15 is 0 Å². The van der Waals surface area contributed by atoms with Gasteiger partial charge >= 0.3 is 0 Å². The van der Waals surface area contributed by atoms with E-state index in [0.29, 0.717) is 0 Å². The predicted octanol–water partition coefficient (Wildman–Crippen LogP) is 2.80. The minimum absolute atomic E-state index is 0.735. The highest BCUT2D eigenvalue weighted by Crippen LogP contribution is 2.26. The van der Waals surface area contributed by atoms with Crippen molar-refractivity contribution in [3.63, 3.8) is 0 Å². The first-order chi connectivity index (χ1) is 6.40. The van der Waals surface area contributed by atoms with Gasteiger partial charge in [-0.2, -0.15) is 0 Å². The minimum Gasteiger partial charge on any atom is -0.316 e. The SMILES string of the molecule is ISn1ccc(C2CCCNC2)c1. The zero-order valence-corrected chi connectivity index (χ0v) is 10.3. The van der Waals surface area contributed by atoms with Crippen molar-refractivity contribution in [2.75, 3.05) is 13.1 Å². The van der Waals surface area contributed by atoms with Gasteiger partial charge < -0.3 is 5.32 Å². The zero-order valence-electron chi connectivity index (χ0n) is 7.37. The molecule has 0 aromatic carbocycles. The van der Waals surface area contributed by atoms with Crippen LogP contribution in [0.25, 0.3) is 0 Å². The number of aromatic nitrogens is 1. The van der Waals surface area contributed by atoms with Gasteiger partial charge in [0.2, 0.25) is 0 Å². The minimum atomic E-state index is 0.735. The number of piperidine rings is 1. The maximum atomic E-state index is 3.44. The van der Waals surface area contributed by atoms with E-state index in [1.54, 1.807) is 9.12 Å². The highest BCUT2D eigenvalue weighted by Gasteiger charge is 2.15. The average Bonchev–Trinajstić information content (AvgIpc) is 2.67. The molecule has 1 atom stereocenters. The van der Waals surface area contributed by atoms with E-state index in [9.17, 15) is 0 Å². The molecule has 0 aliphatic carbocycles. The number of hydrogen-bond donors (Lipinski definition) is 1. The summed E-state index contributed by atoms with van der Waals surface area (Å²) in [4.78, 5) is 0. The van der Waals surface area contributed by atoms with Gasteiger partial charge in [0.05, 0.1) is 0 Å². The fourth-order valence-corrected chi connectivity index (χ4v) is 2.82. The number of halogens is 1. The highest BCUT2D eigenvalue weighted by atomic mass is 127. The molecule has 0 bridgehead atoms. The molecular formula is C9H13IN2S. The fraction of sp³-hybridized carbons (Fsp3) is 0.556. The highest BCUT2D eigenvalue weighted by molar-refractivity contribution is 14.2. The molecule has 1 aromatic heterocycles. The molecule has 0 spiro atoms. The lowest BCUT2D eigenvalue weighted by molar-refractivity contribution is 0.462. The second kappa shape index (κ2) is 4.70. The lowest BCUT2D eigenvalue weighted by atomic mass is 9.94. The molecule has 72 valence electrons. The van der Waals surface area contributed by atoms with Crippen molar-refractivity contribution in [3.05, 3.63) is 24.0 Å². The van der Waals surface area contributed by atoms with Crippen LogP contribution in [0.15, 0.2) is 18.5 Å². The molecule has 13 heavy (non-hydrogen) atoms. The van der Waals surface area contributed by atoms with E-state index in [1.165, 1.54) is 24.9 Å². The second-order valence-corrected chi connectivity index (χ2v) is 5.16. The van der Waals surface area contributed by atoms with Crippen molar-refractivity contribution in [3.8, 4) is 0 Å². The van der Waals surface area contributed by atoms with Gasteiger partial charge in [0, 0.05) is 49.3 Å². The summed E-state index contributed by atoms with van der Waals surface area (Å²) in [5.41, 5.74) is 1.48. The van der Waals surface area contributed by atoms with E-state index in [1.807, 2.05) is 0 Å². The molecule has 1 saturated heterocycles. The van der Waals surface area contributed by atoms with Crippen LogP contribution in [0.3, 0.4) is 0 Å². The van der Waals surface area contributed by atoms with Gasteiger partial charge in [0.25, 0.3) is 0 Å². The maximum absolute atomic E-state index is 3.44. The van der Waals surface area contributed by atoms with Crippen LogP contribution in [0.5, 0.6) is 0 Å². The summed E-state index contributed by atoms with van der Waals surface area (Å²) in [6, 6.07) is 2.24. The maximum Gasteiger partial charge on any atom is 0.0290 e. The Balaban J connectivity index is 2.05. The van der Waals surface area contributed by atoms with Crippen molar-refractivity contribution in [2.24, 2.45) is 0 Å². The van der Waals surface area contributed by atoms with Crippen LogP contribution in [0.2, 0.25) is 0 Å². The van der Waals surface area contributed by atoms with Crippen LogP contribution in [-0.2, 0) is 0 Å². The third-order valence-corrected chi connectivity index (χ3v) is 4.29. The van der Waals surface area contributed by atoms with Crippen LogP contribution < -0.4 is 5.32 Å². The van der Waals surface area contributed by atoms with Gasteiger partial charge in [-0.05, 0) is 36.9 Å². The van der Waals surface area contributed by atoms with Crippen molar-refractivity contribution in [1.82, 2.24) is 9.29 Å². The predicted molar refractivity (Wildman–Crippen MR) is 66.3 cm³/mol. The lowest BCUT2D eigenvalue weighted by Gasteiger charge is -2.21. The molecule has 0 saturated carbocycles. The quantitative estimate of drug-likeness (QED) is 0.846. The smallest absolute Gasteiger partial charge is 0.0290 e. The Morgan fingerprint density at radius 3 is 3.15 bits per heavy atom. The van der Waals surface area contributed by atoms with Gasteiger partial charge in [-0.25, -0.2) is 0 Å². The summed E-state index contributed by atoms with van der Waals surface area (Å²) < 4.78 is 2.16. The lowest BCUT2D eigenvalue weighted by Crippen LogP contribution is -2.28. The Labute approximate surface area is 95.2 Å². The molecule has 1 aliphatic rings. The van der Waals surface area contributed by atoms with E-state index in [4.69, 9.17) is 0 Å². The average molecular weight is 308 g/mol. The zero-order chi connectivity index (χ0) is 9.10. The van der Waals surface area contributed by atoms with Crippen LogP contribution in [0.4, 0.5) is 0 Å². The van der Waals surface area contributed by atoms with E-state index in [0.717, 1.165) is 12.5 Å². The first-order valence-electron chi connectivity index (χ1n) is 4.58. The number of hydrogen-bond acceptors (Lipinski definition) is 2. The topological polar surface area (TPSA) is 17.0 Å². The Morgan fingerprint density at radius 1 is 1.62 bits per heavy atom. The molecule has 0 amide bonds. The van der Waals surface area contributed by atoms with Gasteiger partial charge in [-0.15, -0.1) is 0 Å². The third-order valence-electron chi connectivity index (χ3n) is 2.54. The Kier molecular flexibility index (Phi) is 3.57. The largest absolute Gasteiger partial charge is 0.316 e. The summed E-state index contributed by atoms with van der Waals surface area (Å²) in [5.74, 6) is 0.735. The van der Waals surface area contributed by atoms with Crippen molar-refractivity contribution >= 4 is 30.3 Å². The number of rotatable bonds is 2. The van der Waals surface area contributed by atoms with E-state index < -0.39 is 0 Å². The van der Waals surface area contributed by atoms with Gasteiger partial charge in [-0.3, -0.25) is 3.97 Å². The monoisotopic (exact) mass is 308 g/mol. The summed E-state index contributed by atoms with van der Waals surface area (Å²) in [6.07, 6.45) is 7.03. The normalized spacial score (nSPS) is 23.3. The molecule has 0 radical (unpaired) electrons. The van der Waals surface area contributed by atoms with Gasteiger partial charge in [0.1, 0.15) is 0 Å². The molecule has 2 rings (SSSR count). The first-order valence-corrected chi connectivity index (χ1v) is 7.89. The van der Waals surface area contributed by atoms with Gasteiger partial charge in [0.15, 0.2) is 0 Å². The molecule has 1 N–H and O–H groups in total. The molecule has 2 heterocycles. The van der Waals surface area contributed by atoms with Crippen molar-refractivity contribution < 1.29 is 0 Å². The molecule has 2 nitrogen and oxygen atoms in total. The molecule has 4 heteroatoms. The van der Waals surface area contributed by atoms with Crippen LogP contribution >= 0.6 is 30.3 Å². The van der Waals surface area contributed by atoms with Crippen LogP contribution in [-0.4, -0.2) is 17.1 Å². The summed E-state index contributed by atoms with van der Waals surface area (Å²) >= 11 is 2.30. The summed E-state index contributed by atoms with van der Waals surface area (Å²) in [5, 5.41) is 3.44. The van der Waals surface area contributed by atoms with Crippen LogP contribution in [0.1, 0.15) is 24.3 Å². The van der Waals surface area contributed by atoms with Crippen molar-refractivity contribution in [2.45, 2.75) is 18.8 Å². The molecule has 1 aliphatic heterocycles. The Hall–Kier alpha value is 0.320. The fourth-order valence-electron chi connectivity index (χ4n) is 1.81. The van der Waals surface area contributed by atoms with E-state index in [-0.39, 0.29) is 0 Å². The Morgan fingerprint density at radius 2 is 2.54 bits per heavy atom.